The lowest BCUT2D eigenvalue weighted by Gasteiger charge is -2.18. The number of hydrogen-bond acceptors (Lipinski definition) is 2. The maximum Gasteiger partial charge on any atom is 0.299 e. The highest BCUT2D eigenvalue weighted by Gasteiger charge is 2.20. The highest BCUT2D eigenvalue weighted by Crippen LogP contribution is 2.46. The third kappa shape index (κ3) is 3.25. The molecular weight excluding hydrogens is 536 g/mol. The van der Waals surface area contributed by atoms with Crippen molar-refractivity contribution in [2.75, 3.05) is 0 Å². The first-order valence-electron chi connectivity index (χ1n) is 15.0. The Bertz CT molecular complexity index is 2720. The van der Waals surface area contributed by atoms with Crippen LogP contribution in [0.4, 0.5) is 0 Å². The second-order valence-electron chi connectivity index (χ2n) is 11.6. The van der Waals surface area contributed by atoms with Crippen molar-refractivity contribution in [2.45, 2.75) is 0 Å². The van der Waals surface area contributed by atoms with Gasteiger partial charge in [-0.1, -0.05) is 121 Å². The van der Waals surface area contributed by atoms with Crippen molar-refractivity contribution in [2.24, 2.45) is 0 Å². The summed E-state index contributed by atoms with van der Waals surface area (Å²) in [5, 5.41) is 13.2. The maximum atomic E-state index is 6.18. The third-order valence-electron chi connectivity index (χ3n) is 9.27. The van der Waals surface area contributed by atoms with E-state index in [0.717, 1.165) is 32.9 Å². The number of rotatable bonds is 2. The number of furan rings is 2. The van der Waals surface area contributed by atoms with Gasteiger partial charge in [0.1, 0.15) is 11.2 Å². The molecular formula is C42H24O2. The van der Waals surface area contributed by atoms with Gasteiger partial charge in [-0.25, -0.2) is 0 Å². The van der Waals surface area contributed by atoms with Crippen LogP contribution in [0.5, 0.6) is 0 Å². The van der Waals surface area contributed by atoms with E-state index in [1.54, 1.807) is 0 Å². The van der Waals surface area contributed by atoms with Crippen LogP contribution in [0.25, 0.3) is 98.4 Å². The zero-order valence-corrected chi connectivity index (χ0v) is 23.7. The second-order valence-corrected chi connectivity index (χ2v) is 11.6. The van der Waals surface area contributed by atoms with Gasteiger partial charge in [-0.05, 0) is 89.6 Å². The molecule has 0 aliphatic carbocycles. The van der Waals surface area contributed by atoms with Gasteiger partial charge in [0.25, 0.3) is 5.78 Å². The lowest BCUT2D eigenvalue weighted by Crippen LogP contribution is -1.91. The van der Waals surface area contributed by atoms with E-state index in [2.05, 4.69) is 133 Å². The first kappa shape index (κ1) is 23.7. The molecule has 10 rings (SSSR count). The summed E-state index contributed by atoms with van der Waals surface area (Å²) in [6, 6.07) is 52.4. The molecule has 0 N–H and O–H groups in total. The molecule has 0 unspecified atom stereocenters. The Morgan fingerprint density at radius 2 is 0.818 bits per heavy atom. The highest BCUT2D eigenvalue weighted by atomic mass is 16.5. The minimum atomic E-state index is 0.576. The Hall–Kier alpha value is -5.86. The molecule has 0 radical (unpaired) electrons. The molecule has 0 saturated heterocycles. The average molecular weight is 561 g/mol. The van der Waals surface area contributed by atoms with Gasteiger partial charge in [0, 0.05) is 10.8 Å². The van der Waals surface area contributed by atoms with E-state index in [-0.39, 0.29) is 0 Å². The summed E-state index contributed by atoms with van der Waals surface area (Å²) in [5.74, 6) is 0.576. The zero-order chi connectivity index (χ0) is 28.8. The van der Waals surface area contributed by atoms with E-state index < -0.39 is 0 Å². The summed E-state index contributed by atoms with van der Waals surface area (Å²) >= 11 is 0. The van der Waals surface area contributed by atoms with Crippen LogP contribution in [-0.4, -0.2) is 0 Å². The molecule has 0 fully saturated rings. The van der Waals surface area contributed by atoms with Gasteiger partial charge in [-0.2, -0.15) is 0 Å². The van der Waals surface area contributed by atoms with E-state index >= 15 is 0 Å². The van der Waals surface area contributed by atoms with E-state index in [0.29, 0.717) is 5.78 Å². The lowest BCUT2D eigenvalue weighted by atomic mass is 9.85. The van der Waals surface area contributed by atoms with Crippen LogP contribution in [0, 0.1) is 0 Å². The maximum absolute atomic E-state index is 6.18. The smallest absolute Gasteiger partial charge is 0.299 e. The Morgan fingerprint density at radius 1 is 0.318 bits per heavy atom. The molecule has 0 amide bonds. The van der Waals surface area contributed by atoms with E-state index in [1.165, 1.54) is 59.8 Å². The van der Waals surface area contributed by atoms with Crippen molar-refractivity contribution in [3.05, 3.63) is 146 Å². The van der Waals surface area contributed by atoms with Crippen molar-refractivity contribution >= 4 is 76.2 Å². The van der Waals surface area contributed by atoms with Crippen LogP contribution in [0.2, 0.25) is 0 Å². The summed E-state index contributed by atoms with van der Waals surface area (Å²) in [6.07, 6.45) is 0. The Labute approximate surface area is 252 Å². The molecule has 0 bridgehead atoms. The first-order valence-corrected chi connectivity index (χ1v) is 15.0. The van der Waals surface area contributed by atoms with Crippen molar-refractivity contribution in [1.29, 1.82) is 0 Å². The highest BCUT2D eigenvalue weighted by molar-refractivity contribution is 6.24. The molecule has 44 heavy (non-hydrogen) atoms. The van der Waals surface area contributed by atoms with E-state index in [4.69, 9.17) is 8.83 Å². The summed E-state index contributed by atoms with van der Waals surface area (Å²) in [5.41, 5.74) is 6.57. The van der Waals surface area contributed by atoms with Crippen molar-refractivity contribution < 1.29 is 8.83 Å². The molecule has 0 aliphatic heterocycles. The molecule has 204 valence electrons. The van der Waals surface area contributed by atoms with Gasteiger partial charge < -0.3 is 8.83 Å². The summed E-state index contributed by atoms with van der Waals surface area (Å²) in [7, 11) is 0. The predicted molar refractivity (Wildman–Crippen MR) is 184 cm³/mol. The van der Waals surface area contributed by atoms with Crippen molar-refractivity contribution in [1.82, 2.24) is 0 Å². The lowest BCUT2D eigenvalue weighted by molar-refractivity contribution is 0.524. The minimum Gasteiger partial charge on any atom is -0.425 e. The fraction of sp³-hybridized carbons (Fsp3) is 0. The summed E-state index contributed by atoms with van der Waals surface area (Å²) in [4.78, 5) is 0. The van der Waals surface area contributed by atoms with Crippen LogP contribution in [0.15, 0.2) is 154 Å². The molecule has 2 heteroatoms. The molecule has 0 spiro atoms. The van der Waals surface area contributed by atoms with Crippen LogP contribution in [-0.2, 0) is 0 Å². The third-order valence-corrected chi connectivity index (χ3v) is 9.27. The van der Waals surface area contributed by atoms with Gasteiger partial charge in [0.15, 0.2) is 0 Å². The normalized spacial score (nSPS) is 12.1. The van der Waals surface area contributed by atoms with Crippen LogP contribution in [0.1, 0.15) is 0 Å². The fourth-order valence-corrected chi connectivity index (χ4v) is 7.34. The first-order chi connectivity index (χ1) is 21.8. The number of benzene rings is 8. The van der Waals surface area contributed by atoms with Gasteiger partial charge in [0.05, 0.1) is 5.39 Å². The Morgan fingerprint density at radius 3 is 1.52 bits per heavy atom. The Balaban J connectivity index is 1.27. The van der Waals surface area contributed by atoms with Gasteiger partial charge >= 0.3 is 0 Å². The van der Waals surface area contributed by atoms with Gasteiger partial charge in [-0.3, -0.25) is 0 Å². The summed E-state index contributed by atoms with van der Waals surface area (Å²) < 4.78 is 12.3. The SMILES string of the molecule is c1ccc2c(c1)ccc1cc(-c3c4ccccc4c(-c4ccc5oc6oc7ccccc7c6c5c4)c4ccccc34)ccc12. The number of fused-ring (bicyclic) bond motifs is 10. The molecule has 0 saturated carbocycles. The topological polar surface area (TPSA) is 26.3 Å². The minimum absolute atomic E-state index is 0.576. The molecule has 0 atom stereocenters. The molecule has 2 nitrogen and oxygen atoms in total. The van der Waals surface area contributed by atoms with Gasteiger partial charge in [-0.15, -0.1) is 0 Å². The molecule has 2 aromatic heterocycles. The van der Waals surface area contributed by atoms with Crippen LogP contribution >= 0.6 is 0 Å². The molecule has 0 aliphatic rings. The standard InChI is InChI=1S/C42H24O2/c1-2-10-29-25(9-1)17-18-26-23-27(19-21-30(26)29)39-31-11-3-5-13-33(31)40(34-14-6-4-12-32(34)39)28-20-22-38-36(24-28)41-35-15-7-8-16-37(35)43-42(41)44-38/h1-24H. The Kier molecular flexibility index (Phi) is 4.75. The fourth-order valence-electron chi connectivity index (χ4n) is 7.34. The molecule has 2 heterocycles. The molecule has 8 aromatic carbocycles. The van der Waals surface area contributed by atoms with Crippen LogP contribution < -0.4 is 0 Å². The molecule has 10 aromatic rings. The average Bonchev–Trinajstić information content (AvgIpc) is 3.62. The van der Waals surface area contributed by atoms with Gasteiger partial charge in [0.2, 0.25) is 0 Å². The second kappa shape index (κ2) is 8.82. The quantitative estimate of drug-likeness (QED) is 0.155. The van der Waals surface area contributed by atoms with Crippen molar-refractivity contribution in [3.8, 4) is 22.3 Å². The number of para-hydroxylation sites is 1. The zero-order valence-electron chi connectivity index (χ0n) is 23.7. The largest absolute Gasteiger partial charge is 0.425 e. The summed E-state index contributed by atoms with van der Waals surface area (Å²) in [6.45, 7) is 0. The van der Waals surface area contributed by atoms with Crippen molar-refractivity contribution in [3.63, 3.8) is 0 Å². The van der Waals surface area contributed by atoms with E-state index in [9.17, 15) is 0 Å². The van der Waals surface area contributed by atoms with E-state index in [1.807, 2.05) is 12.1 Å². The monoisotopic (exact) mass is 560 g/mol. The number of hydrogen-bond donors (Lipinski definition) is 0. The predicted octanol–water partition coefficient (Wildman–Crippen LogP) is 12.3. The van der Waals surface area contributed by atoms with Crippen LogP contribution in [0.3, 0.4) is 0 Å².